The van der Waals surface area contributed by atoms with E-state index in [-0.39, 0.29) is 5.91 Å². The summed E-state index contributed by atoms with van der Waals surface area (Å²) in [5.41, 5.74) is 2.67. The van der Waals surface area contributed by atoms with Gasteiger partial charge >= 0.3 is 0 Å². The average molecular weight is 329 g/mol. The number of aryl methyl sites for hydroxylation is 1. The standard InChI is InChI=1S/C19H23NO2S/c1-14-6-2-3-7-15(14)12-23-13-17-10-11-18(22-17)19(21)20-16-8-4-5-9-16/h2-3,6-7,10-11,16H,4-5,8-9,12-13H2,1H3,(H,20,21). The fraction of sp³-hybridized carbons (Fsp3) is 0.421. The van der Waals surface area contributed by atoms with Gasteiger partial charge in [-0.3, -0.25) is 4.79 Å². The van der Waals surface area contributed by atoms with E-state index in [1.165, 1.54) is 24.0 Å². The molecule has 3 nitrogen and oxygen atoms in total. The molecule has 0 radical (unpaired) electrons. The van der Waals surface area contributed by atoms with Gasteiger partial charge in [0.1, 0.15) is 5.76 Å². The van der Waals surface area contributed by atoms with Crippen molar-refractivity contribution in [3.05, 3.63) is 59.0 Å². The number of thioether (sulfide) groups is 1. The van der Waals surface area contributed by atoms with Crippen LogP contribution in [0.5, 0.6) is 0 Å². The van der Waals surface area contributed by atoms with Crippen LogP contribution in [0.3, 0.4) is 0 Å². The molecule has 1 fully saturated rings. The lowest BCUT2D eigenvalue weighted by atomic mass is 10.1. The second kappa shape index (κ2) is 7.73. The number of hydrogen-bond acceptors (Lipinski definition) is 3. The summed E-state index contributed by atoms with van der Waals surface area (Å²) in [6.07, 6.45) is 4.60. The van der Waals surface area contributed by atoms with Crippen molar-refractivity contribution in [2.75, 3.05) is 0 Å². The fourth-order valence-electron chi connectivity index (χ4n) is 2.94. The minimum atomic E-state index is -0.0768. The Labute approximate surface area is 141 Å². The Morgan fingerprint density at radius 3 is 2.74 bits per heavy atom. The van der Waals surface area contributed by atoms with Crippen LogP contribution in [0.2, 0.25) is 0 Å². The molecule has 0 bridgehead atoms. The second-order valence-corrected chi connectivity index (χ2v) is 7.13. The van der Waals surface area contributed by atoms with Crippen molar-refractivity contribution in [1.82, 2.24) is 5.32 Å². The second-order valence-electron chi connectivity index (χ2n) is 6.14. The predicted molar refractivity (Wildman–Crippen MR) is 94.6 cm³/mol. The van der Waals surface area contributed by atoms with E-state index < -0.39 is 0 Å². The van der Waals surface area contributed by atoms with Crippen LogP contribution in [0.15, 0.2) is 40.8 Å². The fourth-order valence-corrected chi connectivity index (χ4v) is 3.94. The van der Waals surface area contributed by atoms with Gasteiger partial charge in [-0.1, -0.05) is 37.1 Å². The molecule has 4 heteroatoms. The molecule has 1 aliphatic carbocycles. The molecule has 0 unspecified atom stereocenters. The largest absolute Gasteiger partial charge is 0.455 e. The van der Waals surface area contributed by atoms with Crippen molar-refractivity contribution in [2.24, 2.45) is 0 Å². The lowest BCUT2D eigenvalue weighted by Crippen LogP contribution is -2.32. The van der Waals surface area contributed by atoms with Gasteiger partial charge in [-0.25, -0.2) is 0 Å². The number of benzene rings is 1. The third-order valence-corrected chi connectivity index (χ3v) is 5.34. The molecule has 122 valence electrons. The summed E-state index contributed by atoms with van der Waals surface area (Å²) in [4.78, 5) is 12.1. The summed E-state index contributed by atoms with van der Waals surface area (Å²) in [6.45, 7) is 2.13. The molecule has 23 heavy (non-hydrogen) atoms. The van der Waals surface area contributed by atoms with Gasteiger partial charge < -0.3 is 9.73 Å². The Morgan fingerprint density at radius 1 is 1.17 bits per heavy atom. The van der Waals surface area contributed by atoms with Gasteiger partial charge in [0.05, 0.1) is 5.75 Å². The van der Waals surface area contributed by atoms with E-state index >= 15 is 0 Å². The van der Waals surface area contributed by atoms with Crippen LogP contribution in [0.1, 0.15) is 53.1 Å². The summed E-state index contributed by atoms with van der Waals surface area (Å²) in [6, 6.07) is 12.4. The molecular formula is C19H23NO2S. The van der Waals surface area contributed by atoms with Crippen molar-refractivity contribution in [3.8, 4) is 0 Å². The zero-order valence-corrected chi connectivity index (χ0v) is 14.3. The normalized spacial score (nSPS) is 15.0. The van der Waals surface area contributed by atoms with E-state index in [0.29, 0.717) is 11.8 Å². The summed E-state index contributed by atoms with van der Waals surface area (Å²) in [5, 5.41) is 3.06. The average Bonchev–Trinajstić information content (AvgIpc) is 3.21. The topological polar surface area (TPSA) is 42.2 Å². The van der Waals surface area contributed by atoms with Crippen molar-refractivity contribution < 1.29 is 9.21 Å². The van der Waals surface area contributed by atoms with Crippen LogP contribution in [0.25, 0.3) is 0 Å². The number of nitrogens with one attached hydrogen (secondary N) is 1. The van der Waals surface area contributed by atoms with E-state index in [0.717, 1.165) is 30.1 Å². The number of carbonyl (C=O) groups excluding carboxylic acids is 1. The molecule has 1 aliphatic rings. The van der Waals surface area contributed by atoms with Gasteiger partial charge in [0.25, 0.3) is 5.91 Å². The third kappa shape index (κ3) is 4.41. The maximum Gasteiger partial charge on any atom is 0.287 e. The number of hydrogen-bond donors (Lipinski definition) is 1. The molecule has 1 aromatic heterocycles. The highest BCUT2D eigenvalue weighted by Gasteiger charge is 2.19. The molecule has 3 rings (SSSR count). The summed E-state index contributed by atoms with van der Waals surface area (Å²) in [7, 11) is 0. The smallest absolute Gasteiger partial charge is 0.287 e. The van der Waals surface area contributed by atoms with Gasteiger partial charge in [0.15, 0.2) is 5.76 Å². The molecule has 0 atom stereocenters. The third-order valence-electron chi connectivity index (χ3n) is 4.34. The molecule has 1 amide bonds. The van der Waals surface area contributed by atoms with Crippen LogP contribution in [-0.4, -0.2) is 11.9 Å². The first-order chi connectivity index (χ1) is 11.2. The summed E-state index contributed by atoms with van der Waals surface area (Å²) >= 11 is 1.81. The molecule has 1 aromatic carbocycles. The van der Waals surface area contributed by atoms with Crippen molar-refractivity contribution in [2.45, 2.75) is 50.2 Å². The monoisotopic (exact) mass is 329 g/mol. The molecule has 0 spiro atoms. The van der Waals surface area contributed by atoms with Crippen LogP contribution in [0.4, 0.5) is 0 Å². The molecular weight excluding hydrogens is 306 g/mol. The van der Waals surface area contributed by atoms with Crippen LogP contribution < -0.4 is 5.32 Å². The SMILES string of the molecule is Cc1ccccc1CSCc1ccc(C(=O)NC2CCCC2)o1. The van der Waals surface area contributed by atoms with Crippen molar-refractivity contribution >= 4 is 17.7 Å². The van der Waals surface area contributed by atoms with E-state index in [4.69, 9.17) is 4.42 Å². The minimum absolute atomic E-state index is 0.0768. The highest BCUT2D eigenvalue weighted by molar-refractivity contribution is 7.97. The predicted octanol–water partition coefficient (Wildman–Crippen LogP) is 4.69. The van der Waals surface area contributed by atoms with E-state index in [2.05, 4.69) is 36.5 Å². The first kappa shape index (κ1) is 16.2. The number of carbonyl (C=O) groups is 1. The van der Waals surface area contributed by atoms with Gasteiger partial charge in [0.2, 0.25) is 0 Å². The Balaban J connectivity index is 1.49. The van der Waals surface area contributed by atoms with Crippen LogP contribution in [-0.2, 0) is 11.5 Å². The zero-order valence-electron chi connectivity index (χ0n) is 13.5. The van der Waals surface area contributed by atoms with Crippen molar-refractivity contribution in [3.63, 3.8) is 0 Å². The Hall–Kier alpha value is -1.68. The first-order valence-corrected chi connectivity index (χ1v) is 9.39. The number of amides is 1. The van der Waals surface area contributed by atoms with Crippen molar-refractivity contribution in [1.29, 1.82) is 0 Å². The number of furan rings is 1. The molecule has 1 heterocycles. The lowest BCUT2D eigenvalue weighted by Gasteiger charge is -2.09. The van der Waals surface area contributed by atoms with E-state index in [1.54, 1.807) is 17.8 Å². The van der Waals surface area contributed by atoms with Crippen LogP contribution >= 0.6 is 11.8 Å². The van der Waals surface area contributed by atoms with Gasteiger partial charge in [-0.05, 0) is 43.0 Å². The molecule has 0 saturated heterocycles. The zero-order chi connectivity index (χ0) is 16.1. The van der Waals surface area contributed by atoms with Gasteiger partial charge in [-0.15, -0.1) is 11.8 Å². The quantitative estimate of drug-likeness (QED) is 0.835. The van der Waals surface area contributed by atoms with Gasteiger partial charge in [0, 0.05) is 11.8 Å². The minimum Gasteiger partial charge on any atom is -0.455 e. The summed E-state index contributed by atoms with van der Waals surface area (Å²) < 4.78 is 5.69. The Kier molecular flexibility index (Phi) is 5.44. The highest BCUT2D eigenvalue weighted by atomic mass is 32.2. The lowest BCUT2D eigenvalue weighted by molar-refractivity contribution is 0.0908. The summed E-state index contributed by atoms with van der Waals surface area (Å²) in [5.74, 6) is 2.96. The maximum absolute atomic E-state index is 12.1. The van der Waals surface area contributed by atoms with E-state index in [9.17, 15) is 4.79 Å². The van der Waals surface area contributed by atoms with E-state index in [1.807, 2.05) is 6.07 Å². The van der Waals surface area contributed by atoms with Crippen LogP contribution in [0, 0.1) is 6.92 Å². The number of rotatable bonds is 6. The van der Waals surface area contributed by atoms with Gasteiger partial charge in [-0.2, -0.15) is 0 Å². The maximum atomic E-state index is 12.1. The molecule has 0 aliphatic heterocycles. The highest BCUT2D eigenvalue weighted by Crippen LogP contribution is 2.22. The molecule has 2 aromatic rings. The molecule has 1 saturated carbocycles. The Bertz CT molecular complexity index is 659. The first-order valence-electron chi connectivity index (χ1n) is 8.24. The molecule has 1 N–H and O–H groups in total. The Morgan fingerprint density at radius 2 is 1.96 bits per heavy atom.